The number of ether oxygens (including phenoxy) is 1. The molecule has 0 atom stereocenters. The van der Waals surface area contributed by atoms with E-state index in [-0.39, 0.29) is 11.7 Å². The highest BCUT2D eigenvalue weighted by Gasteiger charge is 2.10. The summed E-state index contributed by atoms with van der Waals surface area (Å²) in [5.74, 6) is 0.146. The molecule has 2 aromatic carbocycles. The van der Waals surface area contributed by atoms with Crippen molar-refractivity contribution in [3.63, 3.8) is 0 Å². The molecule has 0 radical (unpaired) electrons. The van der Waals surface area contributed by atoms with E-state index in [4.69, 9.17) is 4.74 Å². The SMILES string of the molecule is CCOc1ccc(C(=O)N/N=C/c2cc(C)n(-c3ccc(F)cc3)c2C)cc1. The van der Waals surface area contributed by atoms with E-state index in [1.165, 1.54) is 12.1 Å². The first-order valence-corrected chi connectivity index (χ1v) is 9.00. The fraction of sp³-hybridized carbons (Fsp3) is 0.182. The van der Waals surface area contributed by atoms with Crippen molar-refractivity contribution in [2.45, 2.75) is 20.8 Å². The maximum atomic E-state index is 13.2. The molecule has 1 heterocycles. The zero-order chi connectivity index (χ0) is 20.1. The van der Waals surface area contributed by atoms with Crippen LogP contribution in [0, 0.1) is 19.7 Å². The lowest BCUT2D eigenvalue weighted by Crippen LogP contribution is -2.17. The number of amides is 1. The summed E-state index contributed by atoms with van der Waals surface area (Å²) in [7, 11) is 0. The zero-order valence-corrected chi connectivity index (χ0v) is 16.1. The Labute approximate surface area is 163 Å². The summed E-state index contributed by atoms with van der Waals surface area (Å²) in [5.41, 5.74) is 6.71. The second kappa shape index (κ2) is 8.52. The number of nitrogens with zero attached hydrogens (tertiary/aromatic N) is 2. The first kappa shape index (κ1) is 19.4. The third kappa shape index (κ3) is 4.28. The molecule has 3 aromatic rings. The molecule has 0 unspecified atom stereocenters. The number of hydrazone groups is 1. The molecule has 1 N–H and O–H groups in total. The summed E-state index contributed by atoms with van der Waals surface area (Å²) in [6, 6.07) is 15.2. The Morgan fingerprint density at radius 1 is 1.14 bits per heavy atom. The van der Waals surface area contributed by atoms with E-state index < -0.39 is 0 Å². The van der Waals surface area contributed by atoms with Crippen LogP contribution >= 0.6 is 0 Å². The average Bonchev–Trinajstić information content (AvgIpc) is 2.97. The number of nitrogens with one attached hydrogen (secondary N) is 1. The highest BCUT2D eigenvalue weighted by Crippen LogP contribution is 2.20. The van der Waals surface area contributed by atoms with E-state index in [0.717, 1.165) is 28.4 Å². The molecule has 0 aliphatic rings. The van der Waals surface area contributed by atoms with Gasteiger partial charge in [0.15, 0.2) is 0 Å². The number of carbonyl (C=O) groups is 1. The first-order valence-electron chi connectivity index (χ1n) is 9.00. The number of hydrogen-bond donors (Lipinski definition) is 1. The van der Waals surface area contributed by atoms with E-state index in [9.17, 15) is 9.18 Å². The number of hydrogen-bond acceptors (Lipinski definition) is 3. The monoisotopic (exact) mass is 379 g/mol. The van der Waals surface area contributed by atoms with E-state index in [0.29, 0.717) is 12.2 Å². The molecular weight excluding hydrogens is 357 g/mol. The van der Waals surface area contributed by atoms with Crippen LogP contribution in [-0.2, 0) is 0 Å². The minimum Gasteiger partial charge on any atom is -0.494 e. The number of carbonyl (C=O) groups excluding carboxylic acids is 1. The van der Waals surface area contributed by atoms with Crippen molar-refractivity contribution in [2.24, 2.45) is 5.10 Å². The van der Waals surface area contributed by atoms with Gasteiger partial charge in [-0.25, -0.2) is 9.82 Å². The second-order valence-electron chi connectivity index (χ2n) is 6.29. The van der Waals surface area contributed by atoms with Crippen molar-refractivity contribution in [1.29, 1.82) is 0 Å². The van der Waals surface area contributed by atoms with Crippen LogP contribution in [0.25, 0.3) is 5.69 Å². The smallest absolute Gasteiger partial charge is 0.271 e. The number of rotatable bonds is 6. The van der Waals surface area contributed by atoms with Crippen LogP contribution in [0.1, 0.15) is 34.2 Å². The third-order valence-corrected chi connectivity index (χ3v) is 4.35. The Bertz CT molecular complexity index is 990. The van der Waals surface area contributed by atoms with Gasteiger partial charge < -0.3 is 9.30 Å². The molecule has 0 saturated heterocycles. The highest BCUT2D eigenvalue weighted by molar-refractivity contribution is 5.95. The van der Waals surface area contributed by atoms with Gasteiger partial charge in [-0.15, -0.1) is 0 Å². The van der Waals surface area contributed by atoms with Crippen LogP contribution in [0.3, 0.4) is 0 Å². The van der Waals surface area contributed by atoms with Crippen molar-refractivity contribution in [3.8, 4) is 11.4 Å². The van der Waals surface area contributed by atoms with Gasteiger partial charge in [-0.1, -0.05) is 0 Å². The summed E-state index contributed by atoms with van der Waals surface area (Å²) in [5, 5.41) is 4.07. The molecule has 0 bridgehead atoms. The molecule has 3 rings (SSSR count). The minimum absolute atomic E-state index is 0.273. The summed E-state index contributed by atoms with van der Waals surface area (Å²) in [6.45, 7) is 6.40. The van der Waals surface area contributed by atoms with Gasteiger partial charge in [0.05, 0.1) is 12.8 Å². The summed E-state index contributed by atoms with van der Waals surface area (Å²) >= 11 is 0. The molecule has 0 aliphatic heterocycles. The van der Waals surface area contributed by atoms with Crippen LogP contribution in [0.5, 0.6) is 5.75 Å². The fourth-order valence-corrected chi connectivity index (χ4v) is 3.00. The van der Waals surface area contributed by atoms with Gasteiger partial charge in [0.1, 0.15) is 11.6 Å². The highest BCUT2D eigenvalue weighted by atomic mass is 19.1. The minimum atomic E-state index is -0.299. The van der Waals surface area contributed by atoms with Crippen molar-refractivity contribution in [3.05, 3.63) is 82.9 Å². The van der Waals surface area contributed by atoms with Crippen molar-refractivity contribution in [1.82, 2.24) is 9.99 Å². The Balaban J connectivity index is 1.71. The number of aryl methyl sites for hydroxylation is 1. The third-order valence-electron chi connectivity index (χ3n) is 4.35. The lowest BCUT2D eigenvalue weighted by atomic mass is 10.2. The van der Waals surface area contributed by atoms with E-state index >= 15 is 0 Å². The Kier molecular flexibility index (Phi) is 5.89. The Hall–Kier alpha value is -3.41. The maximum Gasteiger partial charge on any atom is 0.271 e. The normalized spacial score (nSPS) is 11.0. The van der Waals surface area contributed by atoms with Gasteiger partial charge in [-0.05, 0) is 75.4 Å². The van der Waals surface area contributed by atoms with Crippen LogP contribution < -0.4 is 10.2 Å². The number of aromatic nitrogens is 1. The first-order chi connectivity index (χ1) is 13.5. The molecular formula is C22H22FN3O2. The lowest BCUT2D eigenvalue weighted by Gasteiger charge is -2.09. The summed E-state index contributed by atoms with van der Waals surface area (Å²) in [6.07, 6.45) is 1.61. The van der Waals surface area contributed by atoms with E-state index in [1.54, 1.807) is 42.6 Å². The van der Waals surface area contributed by atoms with Crippen molar-refractivity contribution < 1.29 is 13.9 Å². The molecule has 144 valence electrons. The van der Waals surface area contributed by atoms with Crippen molar-refractivity contribution in [2.75, 3.05) is 6.61 Å². The molecule has 1 amide bonds. The molecule has 28 heavy (non-hydrogen) atoms. The standard InChI is InChI=1S/C22H22FN3O2/c1-4-28-21-11-5-17(6-12-21)22(27)25-24-14-18-13-15(2)26(16(18)3)20-9-7-19(23)8-10-20/h5-14H,4H2,1-3H3,(H,25,27)/b24-14+. The molecule has 0 saturated carbocycles. The van der Waals surface area contributed by atoms with Gasteiger partial charge >= 0.3 is 0 Å². The van der Waals surface area contributed by atoms with E-state index in [1.807, 2.05) is 31.4 Å². The largest absolute Gasteiger partial charge is 0.494 e. The van der Waals surface area contributed by atoms with Crippen LogP contribution in [-0.4, -0.2) is 23.3 Å². The molecule has 0 spiro atoms. The number of halogens is 1. The predicted molar refractivity (Wildman–Crippen MR) is 108 cm³/mol. The van der Waals surface area contributed by atoms with Gasteiger partial charge in [0.2, 0.25) is 0 Å². The second-order valence-corrected chi connectivity index (χ2v) is 6.29. The lowest BCUT2D eigenvalue weighted by molar-refractivity contribution is 0.0955. The number of benzene rings is 2. The van der Waals surface area contributed by atoms with Gasteiger partial charge in [-0.3, -0.25) is 4.79 Å². The van der Waals surface area contributed by atoms with Crippen LogP contribution in [0.15, 0.2) is 59.7 Å². The van der Waals surface area contributed by atoms with E-state index in [2.05, 4.69) is 10.5 Å². The maximum absolute atomic E-state index is 13.2. The molecule has 0 aliphatic carbocycles. The van der Waals surface area contributed by atoms with Gasteiger partial charge in [0, 0.05) is 28.2 Å². The van der Waals surface area contributed by atoms with Crippen LogP contribution in [0.2, 0.25) is 0 Å². The van der Waals surface area contributed by atoms with Gasteiger partial charge in [-0.2, -0.15) is 5.10 Å². The Morgan fingerprint density at radius 2 is 1.82 bits per heavy atom. The zero-order valence-electron chi connectivity index (χ0n) is 16.1. The summed E-state index contributed by atoms with van der Waals surface area (Å²) in [4.78, 5) is 12.2. The Morgan fingerprint density at radius 3 is 2.46 bits per heavy atom. The van der Waals surface area contributed by atoms with Crippen molar-refractivity contribution >= 4 is 12.1 Å². The summed E-state index contributed by atoms with van der Waals surface area (Å²) < 4.78 is 20.5. The molecule has 6 heteroatoms. The average molecular weight is 379 g/mol. The molecule has 5 nitrogen and oxygen atoms in total. The fourth-order valence-electron chi connectivity index (χ4n) is 3.00. The van der Waals surface area contributed by atoms with Crippen LogP contribution in [0.4, 0.5) is 4.39 Å². The molecule has 0 fully saturated rings. The predicted octanol–water partition coefficient (Wildman–Crippen LogP) is 4.40. The van der Waals surface area contributed by atoms with Gasteiger partial charge in [0.25, 0.3) is 5.91 Å². The quantitative estimate of drug-likeness (QED) is 0.510. The topological polar surface area (TPSA) is 55.6 Å². The molecule has 1 aromatic heterocycles.